The second-order valence-corrected chi connectivity index (χ2v) is 8.83. The van der Waals surface area contributed by atoms with Crippen LogP contribution in [-0.2, 0) is 35.8 Å². The predicted octanol–water partition coefficient (Wildman–Crippen LogP) is 4.48. The van der Waals surface area contributed by atoms with Crippen LogP contribution in [-0.4, -0.2) is 28.2 Å². The summed E-state index contributed by atoms with van der Waals surface area (Å²) < 4.78 is 12.0. The molecular formula is C30H33N3O5. The van der Waals surface area contributed by atoms with Crippen molar-refractivity contribution in [1.82, 2.24) is 14.9 Å². The summed E-state index contributed by atoms with van der Waals surface area (Å²) >= 11 is 0. The standard InChI is InChI=1S/C28H27N3O5.C2H6/c1-17(33)20-11-26-27-23(14-31(26)28(34)24(20)15-36-16-32)22(13-29-12-18-6-4-3-5-7-18)21-10-19(35-2)8-9-25(21)30-27;1-2/h3-11,16-17,29,33H,12-15H2,1-2H3;1-2H3. The van der Waals surface area contributed by atoms with Gasteiger partial charge in [-0.3, -0.25) is 9.59 Å². The fourth-order valence-corrected chi connectivity index (χ4v) is 4.84. The minimum Gasteiger partial charge on any atom is -0.497 e. The van der Waals surface area contributed by atoms with Crippen LogP contribution in [0.3, 0.4) is 0 Å². The van der Waals surface area contributed by atoms with Crippen LogP contribution in [0.2, 0.25) is 0 Å². The number of benzene rings is 2. The number of carbonyl (C=O) groups is 1. The Morgan fingerprint density at radius 1 is 1.11 bits per heavy atom. The maximum atomic E-state index is 13.5. The largest absolute Gasteiger partial charge is 0.497 e. The highest BCUT2D eigenvalue weighted by atomic mass is 16.5. The number of nitrogens with zero attached hydrogens (tertiary/aromatic N) is 2. The number of aliphatic hydroxyl groups excluding tert-OH is 1. The van der Waals surface area contributed by atoms with Crippen LogP contribution in [0.4, 0.5) is 0 Å². The number of methoxy groups -OCH3 is 1. The van der Waals surface area contributed by atoms with E-state index in [4.69, 9.17) is 14.5 Å². The average molecular weight is 516 g/mol. The number of ether oxygens (including phenoxy) is 2. The quantitative estimate of drug-likeness (QED) is 0.279. The van der Waals surface area contributed by atoms with E-state index in [1.165, 1.54) is 5.56 Å². The first kappa shape index (κ1) is 27.0. The molecule has 2 aromatic heterocycles. The van der Waals surface area contributed by atoms with E-state index in [0.29, 0.717) is 43.1 Å². The van der Waals surface area contributed by atoms with Crippen molar-refractivity contribution in [3.05, 3.63) is 92.8 Å². The van der Waals surface area contributed by atoms with Crippen molar-refractivity contribution in [3.8, 4) is 17.1 Å². The molecule has 5 rings (SSSR count). The third-order valence-electron chi connectivity index (χ3n) is 6.62. The van der Waals surface area contributed by atoms with E-state index in [1.807, 2.05) is 50.2 Å². The Morgan fingerprint density at radius 2 is 1.87 bits per heavy atom. The summed E-state index contributed by atoms with van der Waals surface area (Å²) in [7, 11) is 1.63. The maximum Gasteiger partial charge on any atom is 0.293 e. The van der Waals surface area contributed by atoms with Gasteiger partial charge in [-0.05, 0) is 47.9 Å². The molecule has 8 heteroatoms. The van der Waals surface area contributed by atoms with Crippen molar-refractivity contribution in [2.24, 2.45) is 0 Å². The van der Waals surface area contributed by atoms with Crippen molar-refractivity contribution in [2.45, 2.75) is 53.1 Å². The molecule has 0 radical (unpaired) electrons. The smallest absolute Gasteiger partial charge is 0.293 e. The average Bonchev–Trinajstić information content (AvgIpc) is 3.32. The monoisotopic (exact) mass is 515 g/mol. The van der Waals surface area contributed by atoms with Gasteiger partial charge in [0, 0.05) is 24.0 Å². The molecule has 2 N–H and O–H groups in total. The lowest BCUT2D eigenvalue weighted by atomic mass is 9.99. The van der Waals surface area contributed by atoms with Crippen LogP contribution in [0, 0.1) is 0 Å². The summed E-state index contributed by atoms with van der Waals surface area (Å²) in [6.07, 6.45) is -0.908. The molecule has 2 aromatic carbocycles. The molecule has 1 aliphatic heterocycles. The number of carbonyl (C=O) groups excluding carboxylic acids is 1. The molecule has 4 aromatic rings. The zero-order chi connectivity index (χ0) is 27.2. The van der Waals surface area contributed by atoms with Gasteiger partial charge in [-0.1, -0.05) is 44.2 Å². The van der Waals surface area contributed by atoms with Crippen LogP contribution in [0.5, 0.6) is 5.75 Å². The number of nitrogens with one attached hydrogen (secondary N) is 1. The lowest BCUT2D eigenvalue weighted by Gasteiger charge is -2.15. The number of fused-ring (bicyclic) bond motifs is 4. The second-order valence-electron chi connectivity index (χ2n) is 8.83. The Balaban J connectivity index is 0.00000164. The van der Waals surface area contributed by atoms with E-state index >= 15 is 0 Å². The molecule has 38 heavy (non-hydrogen) atoms. The zero-order valence-electron chi connectivity index (χ0n) is 22.2. The lowest BCUT2D eigenvalue weighted by molar-refractivity contribution is -0.129. The molecule has 0 saturated heterocycles. The van der Waals surface area contributed by atoms with E-state index < -0.39 is 6.10 Å². The van der Waals surface area contributed by atoms with Crippen molar-refractivity contribution < 1.29 is 19.4 Å². The van der Waals surface area contributed by atoms with Crippen molar-refractivity contribution >= 4 is 17.4 Å². The Labute approximate surface area is 221 Å². The molecule has 0 saturated carbocycles. The molecule has 198 valence electrons. The number of hydrogen-bond donors (Lipinski definition) is 2. The third kappa shape index (κ3) is 5.18. The molecule has 0 amide bonds. The SMILES string of the molecule is CC.COc1ccc2nc3c(c(CNCc4ccccc4)c2c1)Cn1c-3cc(C(C)O)c(COC=O)c1=O. The van der Waals surface area contributed by atoms with E-state index in [2.05, 4.69) is 17.4 Å². The van der Waals surface area contributed by atoms with Gasteiger partial charge in [-0.2, -0.15) is 0 Å². The first-order valence-electron chi connectivity index (χ1n) is 12.8. The van der Waals surface area contributed by atoms with Crippen molar-refractivity contribution in [3.63, 3.8) is 0 Å². The van der Waals surface area contributed by atoms with E-state index in [9.17, 15) is 14.7 Å². The summed E-state index contributed by atoms with van der Waals surface area (Å²) in [6, 6.07) is 17.7. The fraction of sp³-hybridized carbons (Fsp3) is 0.300. The first-order valence-corrected chi connectivity index (χ1v) is 12.8. The van der Waals surface area contributed by atoms with Gasteiger partial charge in [-0.15, -0.1) is 0 Å². The topological polar surface area (TPSA) is 103 Å². The van der Waals surface area contributed by atoms with Gasteiger partial charge < -0.3 is 24.5 Å². The molecule has 3 heterocycles. The van der Waals surface area contributed by atoms with Gasteiger partial charge >= 0.3 is 0 Å². The van der Waals surface area contributed by atoms with E-state index in [1.54, 1.807) is 24.7 Å². The summed E-state index contributed by atoms with van der Waals surface area (Å²) in [4.78, 5) is 29.2. The maximum absolute atomic E-state index is 13.5. The predicted molar refractivity (Wildman–Crippen MR) is 147 cm³/mol. The second kappa shape index (κ2) is 12.0. The highest BCUT2D eigenvalue weighted by Crippen LogP contribution is 2.37. The summed E-state index contributed by atoms with van der Waals surface area (Å²) in [5.41, 5.74) is 5.70. The molecule has 0 bridgehead atoms. The van der Waals surface area contributed by atoms with Crippen LogP contribution < -0.4 is 15.6 Å². The van der Waals surface area contributed by atoms with Crippen LogP contribution >= 0.6 is 0 Å². The van der Waals surface area contributed by atoms with Crippen LogP contribution in [0.1, 0.15) is 54.7 Å². The molecule has 1 aliphatic rings. The lowest BCUT2D eigenvalue weighted by Crippen LogP contribution is -2.26. The number of aromatic nitrogens is 2. The molecule has 0 spiro atoms. The molecule has 1 atom stereocenters. The molecular weight excluding hydrogens is 482 g/mol. The Kier molecular flexibility index (Phi) is 8.55. The van der Waals surface area contributed by atoms with Gasteiger partial charge in [0.1, 0.15) is 12.4 Å². The summed E-state index contributed by atoms with van der Waals surface area (Å²) in [5, 5.41) is 14.9. The van der Waals surface area contributed by atoms with Gasteiger partial charge in [0.15, 0.2) is 0 Å². The molecule has 0 fully saturated rings. The number of hydrogen-bond acceptors (Lipinski definition) is 7. The highest BCUT2D eigenvalue weighted by molar-refractivity contribution is 5.89. The van der Waals surface area contributed by atoms with Crippen molar-refractivity contribution in [2.75, 3.05) is 7.11 Å². The zero-order valence-corrected chi connectivity index (χ0v) is 22.2. The summed E-state index contributed by atoms with van der Waals surface area (Å²) in [5.74, 6) is 0.728. The van der Waals surface area contributed by atoms with E-state index in [-0.39, 0.29) is 17.7 Å². The molecule has 8 nitrogen and oxygen atoms in total. The minimum absolute atomic E-state index is 0.197. The summed E-state index contributed by atoms with van der Waals surface area (Å²) in [6.45, 7) is 7.28. The van der Waals surface area contributed by atoms with Crippen LogP contribution in [0.15, 0.2) is 59.4 Å². The molecule has 1 unspecified atom stereocenters. The van der Waals surface area contributed by atoms with Gasteiger partial charge in [0.25, 0.3) is 12.0 Å². The molecule has 0 aliphatic carbocycles. The normalized spacial score (nSPS) is 12.2. The van der Waals surface area contributed by atoms with Gasteiger partial charge in [0.05, 0.1) is 42.2 Å². The minimum atomic E-state index is -0.908. The third-order valence-corrected chi connectivity index (χ3v) is 6.62. The Hall–Kier alpha value is -4.01. The van der Waals surface area contributed by atoms with Gasteiger partial charge in [-0.25, -0.2) is 4.98 Å². The number of aliphatic hydroxyl groups is 1. The first-order chi connectivity index (χ1) is 18.5. The van der Waals surface area contributed by atoms with E-state index in [0.717, 1.165) is 27.8 Å². The number of pyridine rings is 2. The van der Waals surface area contributed by atoms with Crippen LogP contribution in [0.25, 0.3) is 22.3 Å². The number of rotatable bonds is 9. The highest BCUT2D eigenvalue weighted by Gasteiger charge is 2.29. The Morgan fingerprint density at radius 3 is 2.55 bits per heavy atom. The van der Waals surface area contributed by atoms with Gasteiger partial charge in [0.2, 0.25) is 0 Å². The Bertz CT molecular complexity index is 1500. The fourth-order valence-electron chi connectivity index (χ4n) is 4.84. The van der Waals surface area contributed by atoms with Crippen molar-refractivity contribution in [1.29, 1.82) is 0 Å².